The molecule has 9 heteroatoms. The number of carbonyl (C=O) groups excluding carboxylic acids is 1. The van der Waals surface area contributed by atoms with Crippen molar-refractivity contribution in [2.24, 2.45) is 0 Å². The highest BCUT2D eigenvalue weighted by Gasteiger charge is 2.30. The molecule has 2 aromatic rings. The molecule has 30 heavy (non-hydrogen) atoms. The Morgan fingerprint density at radius 1 is 1.20 bits per heavy atom. The van der Waals surface area contributed by atoms with Gasteiger partial charge in [0.2, 0.25) is 0 Å². The molecule has 1 aromatic carbocycles. The fraction of sp³-hybridized carbons (Fsp3) is 0.476. The number of fused-ring (bicyclic) bond motifs is 1. The highest BCUT2D eigenvalue weighted by Crippen LogP contribution is 2.29. The predicted octanol–water partition coefficient (Wildman–Crippen LogP) is 3.27. The smallest absolute Gasteiger partial charge is 0.257 e. The van der Waals surface area contributed by atoms with Gasteiger partial charge in [-0.1, -0.05) is 19.4 Å². The van der Waals surface area contributed by atoms with Gasteiger partial charge in [0.1, 0.15) is 17.2 Å². The largest absolute Gasteiger partial charge is 0.381 e. The lowest BCUT2D eigenvalue weighted by molar-refractivity contribution is 0.0421. The number of hydrazine groups is 1. The maximum absolute atomic E-state index is 14.4. The molecule has 1 saturated heterocycles. The molecular formula is C21H25F2N5O2. The topological polar surface area (TPSA) is 79.4 Å². The van der Waals surface area contributed by atoms with Crippen LogP contribution in [0, 0.1) is 11.6 Å². The van der Waals surface area contributed by atoms with Crippen LogP contribution in [0.15, 0.2) is 18.2 Å². The van der Waals surface area contributed by atoms with Gasteiger partial charge in [0.25, 0.3) is 5.91 Å². The number of nitrogens with one attached hydrogen (secondary N) is 2. The minimum atomic E-state index is -0.745. The van der Waals surface area contributed by atoms with Crippen molar-refractivity contribution < 1.29 is 18.3 Å². The van der Waals surface area contributed by atoms with Crippen molar-refractivity contribution in [2.45, 2.75) is 45.2 Å². The van der Waals surface area contributed by atoms with Gasteiger partial charge < -0.3 is 15.5 Å². The summed E-state index contributed by atoms with van der Waals surface area (Å²) in [6.07, 6.45) is 3.67. The van der Waals surface area contributed by atoms with Crippen LogP contribution in [0.3, 0.4) is 0 Å². The van der Waals surface area contributed by atoms with E-state index in [4.69, 9.17) is 4.74 Å². The van der Waals surface area contributed by atoms with Crippen LogP contribution in [-0.4, -0.2) is 46.7 Å². The molecule has 2 aliphatic rings. The summed E-state index contributed by atoms with van der Waals surface area (Å²) >= 11 is 0. The molecule has 0 unspecified atom stereocenters. The van der Waals surface area contributed by atoms with Crippen molar-refractivity contribution in [3.63, 3.8) is 0 Å². The first-order valence-corrected chi connectivity index (χ1v) is 10.3. The Labute approximate surface area is 173 Å². The first-order chi connectivity index (χ1) is 14.6. The molecule has 1 fully saturated rings. The van der Waals surface area contributed by atoms with Gasteiger partial charge in [-0.05, 0) is 31.4 Å². The summed E-state index contributed by atoms with van der Waals surface area (Å²) in [5.74, 6) is -1.59. The van der Waals surface area contributed by atoms with Crippen LogP contribution in [0.5, 0.6) is 0 Å². The van der Waals surface area contributed by atoms with Crippen LogP contribution >= 0.6 is 0 Å². The van der Waals surface area contributed by atoms with Gasteiger partial charge in [-0.25, -0.2) is 23.8 Å². The van der Waals surface area contributed by atoms with Crippen molar-refractivity contribution in [1.29, 1.82) is 0 Å². The summed E-state index contributed by atoms with van der Waals surface area (Å²) in [6, 6.07) is 3.85. The van der Waals surface area contributed by atoms with Crippen LogP contribution in [0.25, 0.3) is 11.4 Å². The first-order valence-electron chi connectivity index (χ1n) is 10.3. The van der Waals surface area contributed by atoms with Crippen molar-refractivity contribution >= 4 is 11.7 Å². The molecule has 3 heterocycles. The Morgan fingerprint density at radius 3 is 2.63 bits per heavy atom. The summed E-state index contributed by atoms with van der Waals surface area (Å²) in [4.78, 5) is 21.1. The van der Waals surface area contributed by atoms with E-state index in [1.165, 1.54) is 18.2 Å². The van der Waals surface area contributed by atoms with Crippen molar-refractivity contribution in [1.82, 2.24) is 20.3 Å². The molecule has 0 atom stereocenters. The Morgan fingerprint density at radius 2 is 1.93 bits per heavy atom. The summed E-state index contributed by atoms with van der Waals surface area (Å²) in [5, 5.41) is 4.79. The Bertz CT molecular complexity index is 914. The van der Waals surface area contributed by atoms with E-state index in [0.29, 0.717) is 24.5 Å². The molecule has 1 aromatic heterocycles. The van der Waals surface area contributed by atoms with Crippen molar-refractivity contribution in [3.05, 3.63) is 41.1 Å². The van der Waals surface area contributed by atoms with Crippen LogP contribution in [0.2, 0.25) is 0 Å². The second-order valence-corrected chi connectivity index (χ2v) is 7.50. The van der Waals surface area contributed by atoms with E-state index in [0.717, 1.165) is 32.2 Å². The average molecular weight is 417 g/mol. The number of carbonyl (C=O) groups is 1. The fourth-order valence-corrected chi connectivity index (χ4v) is 3.82. The summed E-state index contributed by atoms with van der Waals surface area (Å²) in [7, 11) is 0. The molecule has 0 radical (unpaired) electrons. The number of benzene rings is 1. The molecule has 0 saturated carbocycles. The van der Waals surface area contributed by atoms with E-state index in [1.54, 1.807) is 0 Å². The zero-order valence-electron chi connectivity index (χ0n) is 16.9. The predicted molar refractivity (Wildman–Crippen MR) is 108 cm³/mol. The minimum Gasteiger partial charge on any atom is -0.381 e. The lowest BCUT2D eigenvalue weighted by atomic mass is 10.1. The third-order valence-electron chi connectivity index (χ3n) is 5.45. The highest BCUT2D eigenvalue weighted by molar-refractivity contribution is 6.02. The molecule has 160 valence electrons. The number of hydrogen-bond acceptors (Lipinski definition) is 6. The quantitative estimate of drug-likeness (QED) is 0.673. The molecule has 1 amide bonds. The second-order valence-electron chi connectivity index (χ2n) is 7.50. The first kappa shape index (κ1) is 20.6. The van der Waals surface area contributed by atoms with Gasteiger partial charge in [-0.3, -0.25) is 4.79 Å². The van der Waals surface area contributed by atoms with Gasteiger partial charge in [-0.15, -0.1) is 0 Å². The summed E-state index contributed by atoms with van der Waals surface area (Å²) in [6.45, 7) is 4.40. The van der Waals surface area contributed by atoms with Crippen LogP contribution in [-0.2, 0) is 11.3 Å². The van der Waals surface area contributed by atoms with E-state index >= 15 is 0 Å². The molecule has 2 N–H and O–H groups in total. The lowest BCUT2D eigenvalue weighted by Gasteiger charge is -2.35. The van der Waals surface area contributed by atoms with Crippen molar-refractivity contribution in [3.8, 4) is 11.4 Å². The van der Waals surface area contributed by atoms with Gasteiger partial charge in [-0.2, -0.15) is 0 Å². The lowest BCUT2D eigenvalue weighted by Crippen LogP contribution is -2.44. The van der Waals surface area contributed by atoms with E-state index in [9.17, 15) is 13.6 Å². The molecule has 0 aliphatic carbocycles. The van der Waals surface area contributed by atoms with Crippen molar-refractivity contribution in [2.75, 3.05) is 25.2 Å². The van der Waals surface area contributed by atoms with E-state index in [-0.39, 0.29) is 35.7 Å². The van der Waals surface area contributed by atoms with Crippen LogP contribution < -0.4 is 10.7 Å². The standard InChI is InChI=1S/C21H25F2N5O2/c1-2-3-9-28(13-7-10-30-11-8-13)27-20-18-16(12-24-21(18)29)25-19(26-20)17-14(22)5-4-6-15(17)23/h4-6,13H,2-3,7-12H2,1H3,(H,24,29)(H,25,26,27). The molecular weight excluding hydrogens is 392 g/mol. The highest BCUT2D eigenvalue weighted by atomic mass is 19.1. The summed E-state index contributed by atoms with van der Waals surface area (Å²) in [5.41, 5.74) is 3.74. The minimum absolute atomic E-state index is 0.0780. The van der Waals surface area contributed by atoms with E-state index in [2.05, 4.69) is 32.6 Å². The van der Waals surface area contributed by atoms with E-state index < -0.39 is 11.6 Å². The number of ether oxygens (including phenoxy) is 1. The number of hydrogen-bond donors (Lipinski definition) is 2. The average Bonchev–Trinajstić information content (AvgIpc) is 3.12. The second kappa shape index (κ2) is 9.01. The fourth-order valence-electron chi connectivity index (χ4n) is 3.82. The number of nitrogens with zero attached hydrogens (tertiary/aromatic N) is 3. The van der Waals surface area contributed by atoms with Crippen LogP contribution in [0.1, 0.15) is 48.7 Å². The maximum atomic E-state index is 14.4. The number of amides is 1. The molecule has 4 rings (SSSR count). The maximum Gasteiger partial charge on any atom is 0.257 e. The van der Waals surface area contributed by atoms with Gasteiger partial charge in [0.05, 0.1) is 17.8 Å². The Kier molecular flexibility index (Phi) is 6.19. The monoisotopic (exact) mass is 417 g/mol. The number of unbranched alkanes of at least 4 members (excludes halogenated alkanes) is 1. The molecule has 2 aliphatic heterocycles. The third-order valence-corrected chi connectivity index (χ3v) is 5.45. The number of anilines is 1. The zero-order chi connectivity index (χ0) is 21.1. The third kappa shape index (κ3) is 4.13. The Hall–Kier alpha value is -2.65. The number of aromatic nitrogens is 2. The van der Waals surface area contributed by atoms with Gasteiger partial charge in [0, 0.05) is 25.8 Å². The Balaban J connectivity index is 1.74. The molecule has 7 nitrogen and oxygen atoms in total. The van der Waals surface area contributed by atoms with Gasteiger partial charge in [0.15, 0.2) is 11.6 Å². The summed E-state index contributed by atoms with van der Waals surface area (Å²) < 4.78 is 34.2. The number of halogens is 2. The SMILES string of the molecule is CCCCN(Nc1nc(-c2c(F)cccc2F)nc2c1C(=O)NC2)C1CCOCC1. The normalized spacial score (nSPS) is 16.6. The van der Waals surface area contributed by atoms with Crippen LogP contribution in [0.4, 0.5) is 14.6 Å². The molecule has 0 bridgehead atoms. The number of rotatable bonds is 7. The molecule has 0 spiro atoms. The van der Waals surface area contributed by atoms with E-state index in [1.807, 2.05) is 0 Å². The zero-order valence-corrected chi connectivity index (χ0v) is 16.9. The van der Waals surface area contributed by atoms with Gasteiger partial charge >= 0.3 is 0 Å².